The number of rotatable bonds is 9. The Bertz CT molecular complexity index is 3170. The van der Waals surface area contributed by atoms with Crippen LogP contribution >= 0.6 is 23.2 Å². The number of aromatic carboxylic acids is 1. The van der Waals surface area contributed by atoms with E-state index in [1.165, 1.54) is 24.3 Å². The van der Waals surface area contributed by atoms with Crippen molar-refractivity contribution < 1.29 is 43.3 Å². The summed E-state index contributed by atoms with van der Waals surface area (Å²) in [7, 11) is 3.76. The highest BCUT2D eigenvalue weighted by Gasteiger charge is 2.31. The van der Waals surface area contributed by atoms with E-state index in [4.69, 9.17) is 41.9 Å². The molecule has 13 nitrogen and oxygen atoms in total. The molecule has 0 radical (unpaired) electrons. The third-order valence-corrected chi connectivity index (χ3v) is 10.7. The molecule has 310 valence electrons. The van der Waals surface area contributed by atoms with E-state index in [-0.39, 0.29) is 50.6 Å². The second kappa shape index (κ2) is 17.5. The molecule has 8 rings (SSSR count). The zero-order valence-corrected chi connectivity index (χ0v) is 34.3. The first-order chi connectivity index (χ1) is 29.7. The van der Waals surface area contributed by atoms with Crippen molar-refractivity contribution in [2.24, 2.45) is 0 Å². The van der Waals surface area contributed by atoms with Crippen molar-refractivity contribution in [2.75, 3.05) is 25.5 Å². The largest absolute Gasteiger partial charge is 0.508 e. The lowest BCUT2D eigenvalue weighted by Crippen LogP contribution is -2.36. The number of carboxylic acid groups (broad SMARTS) is 1. The Hall–Kier alpha value is -7.70. The first kappa shape index (κ1) is 42.4. The van der Waals surface area contributed by atoms with Gasteiger partial charge in [0.1, 0.15) is 28.6 Å². The minimum absolute atomic E-state index is 0.0121. The minimum Gasteiger partial charge on any atom is -0.508 e. The fraction of sp³-hybridized carbons (Fsp3) is 0.0851. The van der Waals surface area contributed by atoms with Crippen LogP contribution in [-0.2, 0) is 20.9 Å². The number of hydrogen-bond acceptors (Lipinski definition) is 10. The maximum absolute atomic E-state index is 13.8. The molecule has 0 fully saturated rings. The first-order valence-corrected chi connectivity index (χ1v) is 19.4. The molecule has 0 aromatic heterocycles. The first-order valence-electron chi connectivity index (χ1n) is 18.6. The van der Waals surface area contributed by atoms with E-state index in [2.05, 4.69) is 17.2 Å². The van der Waals surface area contributed by atoms with E-state index in [0.717, 1.165) is 22.4 Å². The molecular weight excluding hydrogens is 837 g/mol. The molecule has 0 saturated carbocycles. The lowest BCUT2D eigenvalue weighted by Gasteiger charge is -2.25. The minimum atomic E-state index is -1.36. The number of carbonyl (C=O) groups is 3. The maximum Gasteiger partial charge on any atom is 0.373 e. The van der Waals surface area contributed by atoms with Gasteiger partial charge in [-0.05, 0) is 70.9 Å². The molecule has 5 aromatic carbocycles. The van der Waals surface area contributed by atoms with Gasteiger partial charge in [-0.1, -0.05) is 60.1 Å². The van der Waals surface area contributed by atoms with Crippen LogP contribution < -0.4 is 36.1 Å². The Morgan fingerprint density at radius 3 is 2.34 bits per heavy atom. The summed E-state index contributed by atoms with van der Waals surface area (Å²) in [4.78, 5) is 70.0. The number of amides is 2. The van der Waals surface area contributed by atoms with Gasteiger partial charge in [0.15, 0.2) is 5.43 Å². The van der Waals surface area contributed by atoms with E-state index >= 15 is 0 Å². The predicted molar refractivity (Wildman–Crippen MR) is 232 cm³/mol. The number of phenols is 1. The van der Waals surface area contributed by atoms with Gasteiger partial charge in [-0.3, -0.25) is 14.4 Å². The van der Waals surface area contributed by atoms with Crippen molar-refractivity contribution in [3.05, 3.63) is 162 Å². The van der Waals surface area contributed by atoms with Crippen LogP contribution in [0.2, 0.25) is 10.0 Å². The fourth-order valence-electron chi connectivity index (χ4n) is 7.23. The normalized spacial score (nSPS) is 11.3. The lowest BCUT2D eigenvalue weighted by molar-refractivity contribution is -0.191. The summed E-state index contributed by atoms with van der Waals surface area (Å²) in [6.45, 7) is 3.68. The van der Waals surface area contributed by atoms with Crippen molar-refractivity contribution in [1.29, 1.82) is 0 Å². The van der Waals surface area contributed by atoms with Crippen molar-refractivity contribution in [3.63, 3.8) is 0 Å². The SMILES string of the molecule is C=c1ccc2c(c1)Oc1cc(N(C)C)ccc1C=2c1c(Cl)c(C(=O)NCC(=O)NCc2cccc(-c3c4ccc(=O)cc-4oc4cc(O)ccc34)c2)cc(Cl)c1C(=O)O.O=C=O. The van der Waals surface area contributed by atoms with Gasteiger partial charge in [0.25, 0.3) is 5.91 Å². The third kappa shape index (κ3) is 8.36. The van der Waals surface area contributed by atoms with Crippen molar-refractivity contribution in [2.45, 2.75) is 6.54 Å². The molecule has 2 amide bonds. The molecular formula is C47H33Cl2N3O10. The highest BCUT2D eigenvalue weighted by Crippen LogP contribution is 2.44. The molecule has 1 aliphatic carbocycles. The molecule has 0 unspecified atom stereocenters. The van der Waals surface area contributed by atoms with E-state index in [1.54, 1.807) is 42.5 Å². The molecule has 4 N–H and O–H groups in total. The second-order valence-electron chi connectivity index (χ2n) is 14.2. The van der Waals surface area contributed by atoms with Gasteiger partial charge in [-0.2, -0.15) is 9.59 Å². The van der Waals surface area contributed by atoms with Crippen LogP contribution in [0.4, 0.5) is 5.69 Å². The highest BCUT2D eigenvalue weighted by molar-refractivity contribution is 6.40. The number of fused-ring (bicyclic) bond motifs is 4. The molecule has 0 spiro atoms. The van der Waals surface area contributed by atoms with Crippen molar-refractivity contribution >= 4 is 75.9 Å². The second-order valence-corrected chi connectivity index (χ2v) is 15.0. The van der Waals surface area contributed by atoms with Crippen LogP contribution in [0.15, 0.2) is 112 Å². The molecule has 3 aliphatic rings. The van der Waals surface area contributed by atoms with Crippen LogP contribution in [0.3, 0.4) is 0 Å². The molecule has 0 atom stereocenters. The van der Waals surface area contributed by atoms with Gasteiger partial charge in [0.2, 0.25) is 5.91 Å². The molecule has 2 heterocycles. The number of ether oxygens (including phenoxy) is 1. The van der Waals surface area contributed by atoms with Gasteiger partial charge in [-0.15, -0.1) is 0 Å². The predicted octanol–water partition coefficient (Wildman–Crippen LogP) is 6.57. The fourth-order valence-corrected chi connectivity index (χ4v) is 7.85. The number of nitrogens with one attached hydrogen (secondary N) is 2. The number of hydrogen-bond donors (Lipinski definition) is 4. The van der Waals surface area contributed by atoms with Crippen LogP contribution in [0.1, 0.15) is 37.4 Å². The summed E-state index contributed by atoms with van der Waals surface area (Å²) >= 11 is 13.7. The quantitative estimate of drug-likeness (QED) is 0.115. The number of nitrogens with zero attached hydrogens (tertiary/aromatic N) is 1. The molecule has 62 heavy (non-hydrogen) atoms. The number of carbonyl (C=O) groups excluding carboxylic acids is 4. The summed E-state index contributed by atoms with van der Waals surface area (Å²) in [5.41, 5.74) is 4.49. The van der Waals surface area contributed by atoms with Crippen LogP contribution in [0, 0.1) is 0 Å². The molecule has 15 heteroatoms. The summed E-state index contributed by atoms with van der Waals surface area (Å²) in [5.74, 6) is -1.40. The van der Waals surface area contributed by atoms with Crippen LogP contribution in [-0.4, -0.2) is 54.8 Å². The Morgan fingerprint density at radius 2 is 1.60 bits per heavy atom. The zero-order chi connectivity index (χ0) is 44.4. The van der Waals surface area contributed by atoms with Gasteiger partial charge < -0.3 is 34.9 Å². The zero-order valence-electron chi connectivity index (χ0n) is 32.8. The third-order valence-electron chi connectivity index (χ3n) is 10.0. The standard InChI is InChI=1S/C46H33Cl2N3O8.CO2/c1-23-7-11-31-35(15-23)58-36-17-26(51(2)3)8-12-32(36)41(31)43-42(46(56)57)34(47)20-33(44(43)48)45(55)50-22-39(54)49-21-24-5-4-6-25(16-24)40-29-13-9-27(52)18-37(29)59-38-19-28(53)10-14-30(38)40;2-1-3/h4-20,52H,1,21-22H2,2-3H3,(H,49,54)(H,50,55)(H,56,57);. The van der Waals surface area contributed by atoms with Crippen molar-refractivity contribution in [1.82, 2.24) is 10.6 Å². The number of carboxylic acids is 1. The Labute approximate surface area is 362 Å². The van der Waals surface area contributed by atoms with Crippen molar-refractivity contribution in [3.8, 4) is 39.7 Å². The van der Waals surface area contributed by atoms with Gasteiger partial charge >= 0.3 is 12.1 Å². The monoisotopic (exact) mass is 869 g/mol. The summed E-state index contributed by atoms with van der Waals surface area (Å²) in [5, 5.41) is 27.4. The molecule has 0 bridgehead atoms. The van der Waals surface area contributed by atoms with Gasteiger partial charge in [0, 0.05) is 83.0 Å². The average molecular weight is 871 g/mol. The van der Waals surface area contributed by atoms with E-state index < -0.39 is 24.3 Å². The Morgan fingerprint density at radius 1 is 0.839 bits per heavy atom. The summed E-state index contributed by atoms with van der Waals surface area (Å²) in [6, 6.07) is 28.6. The smallest absolute Gasteiger partial charge is 0.373 e. The van der Waals surface area contributed by atoms with E-state index in [9.17, 15) is 29.4 Å². The van der Waals surface area contributed by atoms with Gasteiger partial charge in [-0.25, -0.2) is 4.79 Å². The van der Waals surface area contributed by atoms with Gasteiger partial charge in [0.05, 0.1) is 27.7 Å². The number of phenolic OH excluding ortho intramolecular Hbond substituents is 1. The van der Waals surface area contributed by atoms with Crippen LogP contribution in [0.5, 0.6) is 17.2 Å². The number of anilines is 1. The van der Waals surface area contributed by atoms with E-state index in [1.807, 2.05) is 55.4 Å². The number of aromatic hydroxyl groups is 1. The molecule has 5 aromatic rings. The lowest BCUT2D eigenvalue weighted by atomic mass is 9.88. The van der Waals surface area contributed by atoms with E-state index in [0.29, 0.717) is 55.4 Å². The summed E-state index contributed by atoms with van der Waals surface area (Å²) < 4.78 is 12.2. The maximum atomic E-state index is 13.8. The van der Waals surface area contributed by atoms with Crippen LogP contribution in [0.25, 0.3) is 45.6 Å². The Balaban J connectivity index is 0.00000187. The number of benzene rings is 6. The molecule has 0 saturated heterocycles. The molecule has 2 aliphatic heterocycles. The highest BCUT2D eigenvalue weighted by atomic mass is 35.5. The summed E-state index contributed by atoms with van der Waals surface area (Å²) in [6.07, 6.45) is 0.250. The Kier molecular flexibility index (Phi) is 12.0. The topological polar surface area (TPSA) is 193 Å². The average Bonchev–Trinajstić information content (AvgIpc) is 3.23. The number of halogens is 2.